The van der Waals surface area contributed by atoms with Crippen LogP contribution in [-0.4, -0.2) is 18.2 Å². The number of nitrogens with one attached hydrogen (secondary N) is 1. The zero-order valence-corrected chi connectivity index (χ0v) is 7.91. The van der Waals surface area contributed by atoms with Crippen molar-refractivity contribution in [1.29, 1.82) is 0 Å². The lowest BCUT2D eigenvalue weighted by atomic mass is 9.80. The average molecular weight is 189 g/mol. The van der Waals surface area contributed by atoms with E-state index in [1.54, 1.807) is 6.92 Å². The molecule has 1 amide bonds. The van der Waals surface area contributed by atoms with Gasteiger partial charge in [0.2, 0.25) is 5.91 Å². The van der Waals surface area contributed by atoms with Gasteiger partial charge in [0.25, 0.3) is 0 Å². The third-order valence-electron chi connectivity index (χ3n) is 2.77. The maximum absolute atomic E-state index is 11.6. The molecule has 0 saturated carbocycles. The summed E-state index contributed by atoms with van der Waals surface area (Å²) in [5.41, 5.74) is -0.221. The zero-order valence-electron chi connectivity index (χ0n) is 7.91. The first-order valence-corrected chi connectivity index (χ1v) is 4.53. The summed E-state index contributed by atoms with van der Waals surface area (Å²) in [7, 11) is 0. The topological polar surface area (TPSA) is 46.2 Å². The van der Waals surface area contributed by atoms with Gasteiger partial charge >= 0.3 is 0 Å². The molecule has 1 fully saturated rings. The number of benzene rings is 1. The van der Waals surface area contributed by atoms with Crippen LogP contribution in [0.25, 0.3) is 0 Å². The molecule has 1 saturated heterocycles. The first kappa shape index (κ1) is 8.94. The summed E-state index contributed by atoms with van der Waals surface area (Å²) < 4.78 is 0. The third-order valence-corrected chi connectivity index (χ3v) is 2.77. The number of rotatable bonds is 1. The van der Waals surface area contributed by atoms with Crippen molar-refractivity contribution in [3.63, 3.8) is 0 Å². The van der Waals surface area contributed by atoms with Gasteiger partial charge in [0, 0.05) is 0 Å². The quantitative estimate of drug-likeness (QED) is 0.659. The van der Waals surface area contributed by atoms with Gasteiger partial charge in [0.1, 0.15) is 5.41 Å². The summed E-state index contributed by atoms with van der Waals surface area (Å²) in [5.74, 6) is -0.262. The monoisotopic (exact) mass is 189 g/mol. The Labute approximate surface area is 82.1 Å². The molecule has 1 atom stereocenters. The number of Topliss-reactive ketones (excluding diaryl/α,β-unsaturated/α-hetero) is 1. The molecule has 0 radical (unpaired) electrons. The summed E-state index contributed by atoms with van der Waals surface area (Å²) in [6.45, 7) is 1.82. The van der Waals surface area contributed by atoms with E-state index in [1.165, 1.54) is 0 Å². The SMILES string of the molecule is CC1(c2ccccc2)C(=O)CNC1=O. The van der Waals surface area contributed by atoms with E-state index in [0.29, 0.717) is 0 Å². The minimum absolute atomic E-state index is 0.0614. The summed E-state index contributed by atoms with van der Waals surface area (Å²) in [6, 6.07) is 9.15. The van der Waals surface area contributed by atoms with Gasteiger partial charge in [-0.15, -0.1) is 0 Å². The Hall–Kier alpha value is -1.64. The van der Waals surface area contributed by atoms with Crippen LogP contribution in [0.4, 0.5) is 0 Å². The van der Waals surface area contributed by atoms with Gasteiger partial charge in [-0.2, -0.15) is 0 Å². The third kappa shape index (κ3) is 1.05. The number of carbonyl (C=O) groups is 2. The molecule has 0 aliphatic carbocycles. The van der Waals surface area contributed by atoms with Gasteiger partial charge in [-0.05, 0) is 12.5 Å². The summed E-state index contributed by atoms with van der Waals surface area (Å²) in [6.07, 6.45) is 0. The van der Waals surface area contributed by atoms with Crippen molar-refractivity contribution < 1.29 is 9.59 Å². The maximum Gasteiger partial charge on any atom is 0.238 e. The fourth-order valence-corrected chi connectivity index (χ4v) is 1.70. The van der Waals surface area contributed by atoms with Crippen LogP contribution < -0.4 is 5.32 Å². The molecule has 0 spiro atoms. The fourth-order valence-electron chi connectivity index (χ4n) is 1.70. The van der Waals surface area contributed by atoms with E-state index >= 15 is 0 Å². The average Bonchev–Trinajstić information content (AvgIpc) is 2.49. The van der Waals surface area contributed by atoms with E-state index in [0.717, 1.165) is 5.56 Å². The van der Waals surface area contributed by atoms with Crippen LogP contribution in [0.5, 0.6) is 0 Å². The molecular formula is C11H11NO2. The highest BCUT2D eigenvalue weighted by atomic mass is 16.2. The normalized spacial score (nSPS) is 26.4. The highest BCUT2D eigenvalue weighted by Crippen LogP contribution is 2.27. The second-order valence-electron chi connectivity index (χ2n) is 3.60. The Bertz CT molecular complexity index is 368. The van der Waals surface area contributed by atoms with E-state index in [1.807, 2.05) is 30.3 Å². The first-order valence-electron chi connectivity index (χ1n) is 4.53. The molecule has 1 heterocycles. The molecule has 14 heavy (non-hydrogen) atoms. The minimum atomic E-state index is -0.985. The molecule has 1 N–H and O–H groups in total. The van der Waals surface area contributed by atoms with Crippen molar-refractivity contribution in [2.75, 3.05) is 6.54 Å². The lowest BCUT2D eigenvalue weighted by Gasteiger charge is -2.18. The van der Waals surface area contributed by atoms with Crippen LogP contribution >= 0.6 is 0 Å². The molecular weight excluding hydrogens is 178 g/mol. The Morgan fingerprint density at radius 3 is 2.36 bits per heavy atom. The lowest BCUT2D eigenvalue weighted by Crippen LogP contribution is -2.36. The number of hydrogen-bond acceptors (Lipinski definition) is 2. The molecule has 1 aromatic carbocycles. The number of hydrogen-bond donors (Lipinski definition) is 1. The Balaban J connectivity index is 2.51. The molecule has 1 aromatic rings. The Kier molecular flexibility index (Phi) is 1.88. The molecule has 1 unspecified atom stereocenters. The van der Waals surface area contributed by atoms with Gasteiger partial charge in [-0.1, -0.05) is 30.3 Å². The second-order valence-corrected chi connectivity index (χ2v) is 3.60. The molecule has 0 bridgehead atoms. The number of ketones is 1. The highest BCUT2D eigenvalue weighted by Gasteiger charge is 2.46. The van der Waals surface area contributed by atoms with E-state index in [9.17, 15) is 9.59 Å². The van der Waals surface area contributed by atoms with Crippen molar-refractivity contribution >= 4 is 11.7 Å². The van der Waals surface area contributed by atoms with Gasteiger partial charge < -0.3 is 5.32 Å². The molecule has 0 aromatic heterocycles. The Morgan fingerprint density at radius 2 is 1.86 bits per heavy atom. The van der Waals surface area contributed by atoms with Crippen LogP contribution in [-0.2, 0) is 15.0 Å². The standard InChI is InChI=1S/C11H11NO2/c1-11(8-5-3-2-4-6-8)9(13)7-12-10(11)14/h2-6H,7H2,1H3,(H,12,14). The molecule has 1 aliphatic rings. The molecule has 1 aliphatic heterocycles. The Morgan fingerprint density at radius 1 is 1.21 bits per heavy atom. The van der Waals surface area contributed by atoms with Crippen LogP contribution in [0.15, 0.2) is 30.3 Å². The van der Waals surface area contributed by atoms with E-state index in [2.05, 4.69) is 5.32 Å². The molecule has 3 nitrogen and oxygen atoms in total. The summed E-state index contributed by atoms with van der Waals surface area (Å²) >= 11 is 0. The minimum Gasteiger partial charge on any atom is -0.348 e. The summed E-state index contributed by atoms with van der Waals surface area (Å²) in [5, 5.41) is 2.57. The predicted molar refractivity (Wildman–Crippen MR) is 51.8 cm³/mol. The van der Waals surface area contributed by atoms with E-state index in [-0.39, 0.29) is 18.2 Å². The highest BCUT2D eigenvalue weighted by molar-refractivity contribution is 6.17. The van der Waals surface area contributed by atoms with E-state index in [4.69, 9.17) is 0 Å². The van der Waals surface area contributed by atoms with Crippen LogP contribution in [0.2, 0.25) is 0 Å². The van der Waals surface area contributed by atoms with Gasteiger partial charge in [-0.25, -0.2) is 0 Å². The van der Waals surface area contributed by atoms with Crippen molar-refractivity contribution in [2.24, 2.45) is 0 Å². The van der Waals surface area contributed by atoms with Gasteiger partial charge in [0.15, 0.2) is 5.78 Å². The van der Waals surface area contributed by atoms with Crippen LogP contribution in [0, 0.1) is 0 Å². The first-order chi connectivity index (χ1) is 6.65. The second kappa shape index (κ2) is 2.94. The van der Waals surface area contributed by atoms with Crippen molar-refractivity contribution in [1.82, 2.24) is 5.32 Å². The fraction of sp³-hybridized carbons (Fsp3) is 0.273. The van der Waals surface area contributed by atoms with Crippen molar-refractivity contribution in [2.45, 2.75) is 12.3 Å². The molecule has 3 heteroatoms. The van der Waals surface area contributed by atoms with Crippen molar-refractivity contribution in [3.8, 4) is 0 Å². The van der Waals surface area contributed by atoms with Gasteiger partial charge in [-0.3, -0.25) is 9.59 Å². The molecule has 72 valence electrons. The van der Waals surface area contributed by atoms with Crippen molar-refractivity contribution in [3.05, 3.63) is 35.9 Å². The molecule has 2 rings (SSSR count). The summed E-state index contributed by atoms with van der Waals surface area (Å²) in [4.78, 5) is 23.2. The van der Waals surface area contributed by atoms with E-state index < -0.39 is 5.41 Å². The lowest BCUT2D eigenvalue weighted by molar-refractivity contribution is -0.129. The maximum atomic E-state index is 11.6. The smallest absolute Gasteiger partial charge is 0.238 e. The van der Waals surface area contributed by atoms with Crippen LogP contribution in [0.3, 0.4) is 0 Å². The predicted octanol–water partition coefficient (Wildman–Crippen LogP) is 0.643. The van der Waals surface area contributed by atoms with Gasteiger partial charge in [0.05, 0.1) is 6.54 Å². The number of amides is 1. The number of carbonyl (C=O) groups excluding carboxylic acids is 2. The van der Waals surface area contributed by atoms with Crippen LogP contribution in [0.1, 0.15) is 12.5 Å². The largest absolute Gasteiger partial charge is 0.348 e. The zero-order chi connectivity index (χ0) is 10.2.